The number of hydrogen-bond donors (Lipinski definition) is 2. The monoisotopic (exact) mass is 283 g/mol. The molecule has 0 amide bonds. The van der Waals surface area contributed by atoms with Crippen molar-refractivity contribution in [3.8, 4) is 0 Å². The van der Waals surface area contributed by atoms with Crippen LogP contribution in [0.2, 0.25) is 0 Å². The number of rotatable bonds is 7. The summed E-state index contributed by atoms with van der Waals surface area (Å²) in [5, 5.41) is 13.1. The van der Waals surface area contributed by atoms with Crippen molar-refractivity contribution in [3.05, 3.63) is 0 Å². The fourth-order valence-corrected chi connectivity index (χ4v) is 4.25. The van der Waals surface area contributed by atoms with Crippen molar-refractivity contribution >= 4 is 0 Å². The van der Waals surface area contributed by atoms with Gasteiger partial charge in [-0.15, -0.1) is 0 Å². The van der Waals surface area contributed by atoms with E-state index in [-0.39, 0.29) is 12.1 Å². The van der Waals surface area contributed by atoms with Crippen LogP contribution in [-0.2, 0) is 4.74 Å². The fourth-order valence-electron chi connectivity index (χ4n) is 4.25. The molecule has 2 rings (SSSR count). The molecule has 0 aromatic rings. The zero-order chi connectivity index (χ0) is 15.0. The van der Waals surface area contributed by atoms with Crippen LogP contribution < -0.4 is 5.32 Å². The number of ether oxygens (including phenoxy) is 1. The normalized spacial score (nSPS) is 38.1. The van der Waals surface area contributed by atoms with E-state index >= 15 is 0 Å². The van der Waals surface area contributed by atoms with E-state index in [1.165, 1.54) is 19.3 Å². The molecule has 2 aliphatic carbocycles. The van der Waals surface area contributed by atoms with Crippen molar-refractivity contribution in [2.24, 2.45) is 16.7 Å². The zero-order valence-corrected chi connectivity index (χ0v) is 14.0. The van der Waals surface area contributed by atoms with Crippen molar-refractivity contribution in [2.45, 2.75) is 71.9 Å². The lowest BCUT2D eigenvalue weighted by Gasteiger charge is -2.40. The summed E-state index contributed by atoms with van der Waals surface area (Å²) in [6, 6.07) is 0. The highest BCUT2D eigenvalue weighted by atomic mass is 16.5. The second kappa shape index (κ2) is 5.58. The van der Waals surface area contributed by atoms with Gasteiger partial charge in [0.1, 0.15) is 0 Å². The molecule has 0 heterocycles. The molecular weight excluding hydrogens is 250 g/mol. The summed E-state index contributed by atoms with van der Waals surface area (Å²) >= 11 is 0. The lowest BCUT2D eigenvalue weighted by molar-refractivity contribution is -0.0722. The predicted molar refractivity (Wildman–Crippen MR) is 82.8 cm³/mol. The molecule has 0 radical (unpaired) electrons. The van der Waals surface area contributed by atoms with E-state index < -0.39 is 0 Å². The van der Waals surface area contributed by atoms with Crippen LogP contribution in [0, 0.1) is 16.7 Å². The second-order valence-electron chi connectivity index (χ2n) is 8.06. The molecular formula is C17H33NO2. The van der Waals surface area contributed by atoms with Crippen LogP contribution in [0.5, 0.6) is 0 Å². The van der Waals surface area contributed by atoms with Crippen LogP contribution in [0.3, 0.4) is 0 Å². The van der Waals surface area contributed by atoms with Gasteiger partial charge in [0, 0.05) is 0 Å². The number of nitrogens with one attached hydrogen (secondary N) is 1. The third kappa shape index (κ3) is 2.53. The van der Waals surface area contributed by atoms with Crippen LogP contribution in [0.1, 0.15) is 60.3 Å². The number of fused-ring (bicyclic) bond motifs is 2. The standard InChI is InChI=1S/C17H33NO2/c1-6-9-18-16(4,11-19)12-20-14-10-13-7-8-17(14,5)15(13,2)3/h13-14,18-19H,6-12H2,1-5H3. The number of aliphatic hydroxyl groups excluding tert-OH is 1. The Morgan fingerprint density at radius 3 is 2.50 bits per heavy atom. The lowest BCUT2D eigenvalue weighted by Crippen LogP contribution is -2.51. The Morgan fingerprint density at radius 2 is 2.05 bits per heavy atom. The second-order valence-corrected chi connectivity index (χ2v) is 8.06. The molecule has 0 aliphatic heterocycles. The maximum Gasteiger partial charge on any atom is 0.0672 e. The Balaban J connectivity index is 1.95. The predicted octanol–water partition coefficient (Wildman–Crippen LogP) is 2.97. The first-order valence-electron chi connectivity index (χ1n) is 8.26. The minimum Gasteiger partial charge on any atom is -0.394 e. The van der Waals surface area contributed by atoms with Gasteiger partial charge in [0.15, 0.2) is 0 Å². The maximum absolute atomic E-state index is 9.64. The highest BCUT2D eigenvalue weighted by molar-refractivity contribution is 5.11. The molecule has 3 nitrogen and oxygen atoms in total. The van der Waals surface area contributed by atoms with Crippen LogP contribution in [0.25, 0.3) is 0 Å². The van der Waals surface area contributed by atoms with Gasteiger partial charge >= 0.3 is 0 Å². The first kappa shape index (κ1) is 16.3. The van der Waals surface area contributed by atoms with Crippen molar-refractivity contribution in [1.82, 2.24) is 5.32 Å². The van der Waals surface area contributed by atoms with Gasteiger partial charge in [0.2, 0.25) is 0 Å². The van der Waals surface area contributed by atoms with Crippen LogP contribution in [0.15, 0.2) is 0 Å². The van der Waals surface area contributed by atoms with Crippen LogP contribution in [0.4, 0.5) is 0 Å². The third-order valence-corrected chi connectivity index (χ3v) is 6.47. The van der Waals surface area contributed by atoms with E-state index in [9.17, 15) is 5.11 Å². The Kier molecular flexibility index (Phi) is 4.54. The van der Waals surface area contributed by atoms with E-state index in [0.717, 1.165) is 18.9 Å². The quantitative estimate of drug-likeness (QED) is 0.755. The van der Waals surface area contributed by atoms with Gasteiger partial charge in [-0.2, -0.15) is 0 Å². The van der Waals surface area contributed by atoms with Crippen molar-refractivity contribution in [3.63, 3.8) is 0 Å². The molecule has 0 spiro atoms. The molecule has 2 aliphatic rings. The summed E-state index contributed by atoms with van der Waals surface area (Å²) in [5.41, 5.74) is 0.390. The van der Waals surface area contributed by atoms with Gasteiger partial charge in [-0.05, 0) is 55.9 Å². The highest BCUT2D eigenvalue weighted by Gasteiger charge is 2.62. The third-order valence-electron chi connectivity index (χ3n) is 6.47. The molecule has 2 fully saturated rings. The smallest absolute Gasteiger partial charge is 0.0672 e. The molecule has 4 atom stereocenters. The Labute approximate surface area is 124 Å². The van der Waals surface area contributed by atoms with Gasteiger partial charge in [0.25, 0.3) is 0 Å². The van der Waals surface area contributed by atoms with Gasteiger partial charge in [-0.1, -0.05) is 27.7 Å². The summed E-state index contributed by atoms with van der Waals surface area (Å²) in [7, 11) is 0. The van der Waals surface area contributed by atoms with Crippen LogP contribution >= 0.6 is 0 Å². The molecule has 118 valence electrons. The molecule has 2 N–H and O–H groups in total. The molecule has 2 saturated carbocycles. The Morgan fingerprint density at radius 1 is 1.35 bits per heavy atom. The number of aliphatic hydroxyl groups is 1. The first-order chi connectivity index (χ1) is 9.29. The Hall–Kier alpha value is -0.120. The van der Waals surface area contributed by atoms with Crippen LogP contribution in [-0.4, -0.2) is 36.5 Å². The molecule has 20 heavy (non-hydrogen) atoms. The van der Waals surface area contributed by atoms with Gasteiger partial charge < -0.3 is 15.2 Å². The molecule has 3 heteroatoms. The van der Waals surface area contributed by atoms with E-state index in [2.05, 4.69) is 39.9 Å². The highest BCUT2D eigenvalue weighted by Crippen LogP contribution is 2.66. The first-order valence-corrected chi connectivity index (χ1v) is 8.26. The lowest BCUT2D eigenvalue weighted by atomic mass is 9.70. The summed E-state index contributed by atoms with van der Waals surface area (Å²) in [4.78, 5) is 0. The average molecular weight is 283 g/mol. The zero-order valence-electron chi connectivity index (χ0n) is 14.0. The van der Waals surface area contributed by atoms with Crippen molar-refractivity contribution in [1.29, 1.82) is 0 Å². The van der Waals surface area contributed by atoms with Crippen molar-refractivity contribution < 1.29 is 9.84 Å². The summed E-state index contributed by atoms with van der Waals surface area (Å²) in [6.45, 7) is 13.1. The largest absolute Gasteiger partial charge is 0.394 e. The van der Waals surface area contributed by atoms with Gasteiger partial charge in [0.05, 0.1) is 24.9 Å². The topological polar surface area (TPSA) is 41.5 Å². The fraction of sp³-hybridized carbons (Fsp3) is 1.00. The minimum absolute atomic E-state index is 0.128. The van der Waals surface area contributed by atoms with E-state index in [0.29, 0.717) is 23.5 Å². The van der Waals surface area contributed by atoms with Gasteiger partial charge in [-0.25, -0.2) is 0 Å². The number of hydrogen-bond acceptors (Lipinski definition) is 3. The SMILES string of the molecule is CCCNC(C)(CO)COC1CC2CCC1(C)C2(C)C. The van der Waals surface area contributed by atoms with E-state index in [1.54, 1.807) is 0 Å². The van der Waals surface area contributed by atoms with E-state index in [4.69, 9.17) is 4.74 Å². The van der Waals surface area contributed by atoms with Crippen molar-refractivity contribution in [2.75, 3.05) is 19.8 Å². The average Bonchev–Trinajstić information content (AvgIpc) is 2.75. The molecule has 0 saturated heterocycles. The summed E-state index contributed by atoms with van der Waals surface area (Å²) in [6.07, 6.45) is 5.26. The molecule has 4 unspecified atom stereocenters. The molecule has 0 aromatic heterocycles. The maximum atomic E-state index is 9.64. The molecule has 0 aromatic carbocycles. The van der Waals surface area contributed by atoms with E-state index in [1.807, 2.05) is 0 Å². The minimum atomic E-state index is -0.307. The summed E-state index contributed by atoms with van der Waals surface area (Å²) < 4.78 is 6.31. The van der Waals surface area contributed by atoms with Gasteiger partial charge in [-0.3, -0.25) is 0 Å². The molecule has 2 bridgehead atoms. The summed E-state index contributed by atoms with van der Waals surface area (Å²) in [5.74, 6) is 0.807. The Bertz CT molecular complexity index is 344.